The van der Waals surface area contributed by atoms with Gasteiger partial charge in [-0.15, -0.1) is 0 Å². The summed E-state index contributed by atoms with van der Waals surface area (Å²) in [6, 6.07) is 2.25. The van der Waals surface area contributed by atoms with Gasteiger partial charge in [0.2, 0.25) is 0 Å². The SMILES string of the molecule is CCN(CC(=N)N)C(=O)Nc1ccc(F)cc1F. The fourth-order valence-corrected chi connectivity index (χ4v) is 1.32. The first-order chi connectivity index (χ1) is 8.43. The third-order valence-electron chi connectivity index (χ3n) is 2.20. The number of rotatable bonds is 4. The molecule has 1 rings (SSSR count). The third-order valence-corrected chi connectivity index (χ3v) is 2.20. The second-order valence-electron chi connectivity index (χ2n) is 3.59. The number of nitrogens with one attached hydrogen (secondary N) is 2. The van der Waals surface area contributed by atoms with Gasteiger partial charge in [-0.05, 0) is 19.1 Å². The van der Waals surface area contributed by atoms with Gasteiger partial charge in [-0.25, -0.2) is 13.6 Å². The van der Waals surface area contributed by atoms with Gasteiger partial charge in [-0.2, -0.15) is 0 Å². The minimum atomic E-state index is -0.859. The van der Waals surface area contributed by atoms with Crippen LogP contribution in [0.25, 0.3) is 0 Å². The minimum Gasteiger partial charge on any atom is -0.386 e. The van der Waals surface area contributed by atoms with Gasteiger partial charge in [0.1, 0.15) is 17.5 Å². The van der Waals surface area contributed by atoms with Crippen molar-refractivity contribution in [3.8, 4) is 0 Å². The molecule has 4 N–H and O–H groups in total. The maximum absolute atomic E-state index is 13.3. The molecule has 0 radical (unpaired) electrons. The minimum absolute atomic E-state index is 0.0504. The predicted octanol–water partition coefficient (Wildman–Crippen LogP) is 1.75. The van der Waals surface area contributed by atoms with E-state index in [1.54, 1.807) is 6.92 Å². The number of urea groups is 1. The first-order valence-electron chi connectivity index (χ1n) is 5.28. The molecule has 1 aromatic rings. The van der Waals surface area contributed by atoms with E-state index in [0.717, 1.165) is 12.1 Å². The molecule has 7 heteroatoms. The number of halogens is 2. The number of carbonyl (C=O) groups excluding carboxylic acids is 1. The zero-order valence-electron chi connectivity index (χ0n) is 9.84. The van der Waals surface area contributed by atoms with Crippen molar-refractivity contribution >= 4 is 17.6 Å². The van der Waals surface area contributed by atoms with Crippen molar-refractivity contribution in [3.05, 3.63) is 29.8 Å². The lowest BCUT2D eigenvalue weighted by Gasteiger charge is -2.20. The van der Waals surface area contributed by atoms with E-state index >= 15 is 0 Å². The van der Waals surface area contributed by atoms with Crippen LogP contribution in [0.3, 0.4) is 0 Å². The first-order valence-corrected chi connectivity index (χ1v) is 5.28. The van der Waals surface area contributed by atoms with Crippen LogP contribution in [0, 0.1) is 17.0 Å². The van der Waals surface area contributed by atoms with Crippen LogP contribution in [0.15, 0.2) is 18.2 Å². The number of nitrogens with two attached hydrogens (primary N) is 1. The predicted molar refractivity (Wildman–Crippen MR) is 64.5 cm³/mol. The smallest absolute Gasteiger partial charge is 0.322 e. The van der Waals surface area contributed by atoms with Gasteiger partial charge >= 0.3 is 6.03 Å². The van der Waals surface area contributed by atoms with Crippen molar-refractivity contribution in [2.75, 3.05) is 18.4 Å². The molecule has 98 valence electrons. The van der Waals surface area contributed by atoms with Crippen molar-refractivity contribution in [2.45, 2.75) is 6.92 Å². The van der Waals surface area contributed by atoms with Crippen LogP contribution >= 0.6 is 0 Å². The molecule has 0 atom stereocenters. The van der Waals surface area contributed by atoms with Crippen molar-refractivity contribution < 1.29 is 13.6 Å². The fourth-order valence-electron chi connectivity index (χ4n) is 1.32. The van der Waals surface area contributed by atoms with Gasteiger partial charge in [0.05, 0.1) is 12.2 Å². The monoisotopic (exact) mass is 256 g/mol. The molecule has 0 aliphatic rings. The van der Waals surface area contributed by atoms with Gasteiger partial charge in [-0.3, -0.25) is 5.41 Å². The molecule has 0 heterocycles. The average molecular weight is 256 g/mol. The Morgan fingerprint density at radius 1 is 1.50 bits per heavy atom. The Balaban J connectivity index is 2.76. The largest absolute Gasteiger partial charge is 0.386 e. The molecule has 0 spiro atoms. The first kappa shape index (κ1) is 13.9. The molecule has 0 unspecified atom stereocenters. The number of nitrogens with zero attached hydrogens (tertiary/aromatic N) is 1. The molecule has 2 amide bonds. The van der Waals surface area contributed by atoms with E-state index in [-0.39, 0.29) is 18.1 Å². The highest BCUT2D eigenvalue weighted by molar-refractivity contribution is 5.92. The van der Waals surface area contributed by atoms with Gasteiger partial charge in [0.25, 0.3) is 0 Å². The lowest BCUT2D eigenvalue weighted by Crippen LogP contribution is -2.40. The van der Waals surface area contributed by atoms with E-state index in [9.17, 15) is 13.6 Å². The molecule has 0 saturated carbocycles. The van der Waals surface area contributed by atoms with Crippen LogP contribution < -0.4 is 11.1 Å². The number of hydrogen-bond acceptors (Lipinski definition) is 2. The molecular weight excluding hydrogens is 242 g/mol. The summed E-state index contributed by atoms with van der Waals surface area (Å²) in [5, 5.41) is 9.39. The number of likely N-dealkylation sites (N-methyl/N-ethyl adjacent to an activating group) is 1. The molecule has 0 bridgehead atoms. The molecule has 0 aliphatic carbocycles. The number of hydrogen-bond donors (Lipinski definition) is 3. The summed E-state index contributed by atoms with van der Waals surface area (Å²) in [6.07, 6.45) is 0. The van der Waals surface area contributed by atoms with Gasteiger partial charge in [0, 0.05) is 12.6 Å². The Morgan fingerprint density at radius 2 is 2.17 bits per heavy atom. The maximum Gasteiger partial charge on any atom is 0.322 e. The lowest BCUT2D eigenvalue weighted by atomic mass is 10.3. The van der Waals surface area contributed by atoms with Crippen LogP contribution in [-0.2, 0) is 0 Å². The van der Waals surface area contributed by atoms with Crippen molar-refractivity contribution in [2.24, 2.45) is 5.73 Å². The standard InChI is InChI=1S/C11H14F2N4O/c1-2-17(6-10(14)15)11(18)16-9-4-3-7(12)5-8(9)13/h3-5H,2,6H2,1H3,(H3,14,15)(H,16,18). The van der Waals surface area contributed by atoms with Crippen molar-refractivity contribution in [3.63, 3.8) is 0 Å². The van der Waals surface area contributed by atoms with E-state index in [1.807, 2.05) is 0 Å². The molecule has 0 saturated heterocycles. The quantitative estimate of drug-likeness (QED) is 0.566. The summed E-state index contributed by atoms with van der Waals surface area (Å²) >= 11 is 0. The lowest BCUT2D eigenvalue weighted by molar-refractivity contribution is 0.221. The van der Waals surface area contributed by atoms with Gasteiger partial charge in [0.15, 0.2) is 0 Å². The second-order valence-corrected chi connectivity index (χ2v) is 3.59. The highest BCUT2D eigenvalue weighted by atomic mass is 19.1. The Bertz CT molecular complexity index is 464. The Kier molecular flexibility index (Phi) is 4.59. The zero-order chi connectivity index (χ0) is 13.7. The van der Waals surface area contributed by atoms with Crippen LogP contribution in [0.5, 0.6) is 0 Å². The summed E-state index contributed by atoms with van der Waals surface area (Å²) in [5.74, 6) is -1.75. The Labute approximate surface area is 103 Å². The summed E-state index contributed by atoms with van der Waals surface area (Å²) in [6.45, 7) is 1.96. The maximum atomic E-state index is 13.3. The van der Waals surface area contributed by atoms with Crippen LogP contribution in [-0.4, -0.2) is 29.9 Å². The highest BCUT2D eigenvalue weighted by Crippen LogP contribution is 2.15. The number of benzene rings is 1. The third kappa shape index (κ3) is 3.69. The molecule has 0 aromatic heterocycles. The van der Waals surface area contributed by atoms with Crippen LogP contribution in [0.4, 0.5) is 19.3 Å². The average Bonchev–Trinajstić information content (AvgIpc) is 2.29. The molecular formula is C11H14F2N4O. The normalized spacial score (nSPS) is 9.94. The van der Waals surface area contributed by atoms with Crippen LogP contribution in [0.2, 0.25) is 0 Å². The number of carbonyl (C=O) groups is 1. The van der Waals surface area contributed by atoms with E-state index in [2.05, 4.69) is 5.32 Å². The van der Waals surface area contributed by atoms with E-state index in [0.29, 0.717) is 12.6 Å². The summed E-state index contributed by atoms with van der Waals surface area (Å²) in [5.41, 5.74) is 5.07. The number of amides is 2. The zero-order valence-corrected chi connectivity index (χ0v) is 9.84. The summed E-state index contributed by atoms with van der Waals surface area (Å²) in [7, 11) is 0. The molecule has 1 aromatic carbocycles. The highest BCUT2D eigenvalue weighted by Gasteiger charge is 2.14. The van der Waals surface area contributed by atoms with Gasteiger partial charge in [-0.1, -0.05) is 0 Å². The van der Waals surface area contributed by atoms with E-state index < -0.39 is 17.7 Å². The number of amidine groups is 1. The second kappa shape index (κ2) is 5.95. The van der Waals surface area contributed by atoms with Crippen molar-refractivity contribution in [1.82, 2.24) is 4.90 Å². The molecule has 18 heavy (non-hydrogen) atoms. The Hall–Kier alpha value is -2.18. The van der Waals surface area contributed by atoms with E-state index in [4.69, 9.17) is 11.1 Å². The fraction of sp³-hybridized carbons (Fsp3) is 0.273. The molecule has 0 aliphatic heterocycles. The molecule has 5 nitrogen and oxygen atoms in total. The summed E-state index contributed by atoms with van der Waals surface area (Å²) in [4.78, 5) is 12.9. The topological polar surface area (TPSA) is 82.2 Å². The summed E-state index contributed by atoms with van der Waals surface area (Å²) < 4.78 is 26.0. The van der Waals surface area contributed by atoms with Crippen LogP contribution in [0.1, 0.15) is 6.92 Å². The number of anilines is 1. The molecule has 0 fully saturated rings. The van der Waals surface area contributed by atoms with Crippen molar-refractivity contribution in [1.29, 1.82) is 5.41 Å². The van der Waals surface area contributed by atoms with E-state index in [1.165, 1.54) is 4.90 Å². The van der Waals surface area contributed by atoms with Gasteiger partial charge < -0.3 is 16.0 Å². The Morgan fingerprint density at radius 3 is 2.67 bits per heavy atom.